The van der Waals surface area contributed by atoms with Crippen LogP contribution in [0.15, 0.2) is 18.2 Å². The highest BCUT2D eigenvalue weighted by Gasteiger charge is 2.24. The molecular formula is C13H15FO. The maximum absolute atomic E-state index is 13.0. The molecule has 80 valence electrons. The molecule has 1 aromatic rings. The Bertz CT molecular complexity index is 384. The molecule has 0 radical (unpaired) electrons. The Hall–Kier alpha value is -1.18. The van der Waals surface area contributed by atoms with E-state index in [1.54, 1.807) is 12.1 Å². The summed E-state index contributed by atoms with van der Waals surface area (Å²) in [6.45, 7) is 1.97. The minimum atomic E-state index is -0.207. The molecule has 1 saturated carbocycles. The minimum Gasteiger partial charge on any atom is -0.299 e. The Labute approximate surface area is 89.3 Å². The van der Waals surface area contributed by atoms with Crippen LogP contribution in [0.1, 0.15) is 30.4 Å². The second-order valence-electron chi connectivity index (χ2n) is 4.33. The number of aryl methyl sites for hydroxylation is 1. The van der Waals surface area contributed by atoms with E-state index in [0.29, 0.717) is 18.6 Å². The van der Waals surface area contributed by atoms with Crippen LogP contribution in [0.4, 0.5) is 4.39 Å². The molecule has 1 nitrogen and oxygen atoms in total. The summed E-state index contributed by atoms with van der Waals surface area (Å²) in [5.41, 5.74) is 2.06. The van der Waals surface area contributed by atoms with Gasteiger partial charge in [0, 0.05) is 12.3 Å². The molecule has 1 unspecified atom stereocenters. The van der Waals surface area contributed by atoms with Gasteiger partial charge in [-0.15, -0.1) is 0 Å². The second kappa shape index (κ2) is 4.13. The van der Waals surface area contributed by atoms with E-state index in [4.69, 9.17) is 0 Å². The smallest absolute Gasteiger partial charge is 0.136 e. The van der Waals surface area contributed by atoms with Crippen molar-refractivity contribution in [3.8, 4) is 0 Å². The fourth-order valence-electron chi connectivity index (χ4n) is 2.23. The molecule has 0 amide bonds. The van der Waals surface area contributed by atoms with Crippen molar-refractivity contribution in [3.63, 3.8) is 0 Å². The Kier molecular flexibility index (Phi) is 2.85. The molecule has 0 aliphatic heterocycles. The van der Waals surface area contributed by atoms with Gasteiger partial charge >= 0.3 is 0 Å². The number of ketones is 1. The first-order chi connectivity index (χ1) is 7.16. The number of benzene rings is 1. The van der Waals surface area contributed by atoms with Crippen LogP contribution in [-0.2, 0) is 11.2 Å². The standard InChI is InChI=1S/C13H15FO/c1-9-5-6-12(14)8-11(9)7-10-3-2-4-13(10)15/h5-6,8,10H,2-4,7H2,1H3. The van der Waals surface area contributed by atoms with Crippen LogP contribution < -0.4 is 0 Å². The van der Waals surface area contributed by atoms with Crippen LogP contribution in [0.5, 0.6) is 0 Å². The van der Waals surface area contributed by atoms with Gasteiger partial charge in [0.2, 0.25) is 0 Å². The summed E-state index contributed by atoms with van der Waals surface area (Å²) in [4.78, 5) is 11.5. The van der Waals surface area contributed by atoms with E-state index in [1.165, 1.54) is 6.07 Å². The molecule has 0 aromatic heterocycles. The molecule has 0 N–H and O–H groups in total. The monoisotopic (exact) mass is 206 g/mol. The van der Waals surface area contributed by atoms with Gasteiger partial charge in [-0.2, -0.15) is 0 Å². The van der Waals surface area contributed by atoms with Gasteiger partial charge < -0.3 is 0 Å². The highest BCUT2D eigenvalue weighted by molar-refractivity contribution is 5.83. The van der Waals surface area contributed by atoms with E-state index < -0.39 is 0 Å². The molecule has 2 heteroatoms. The van der Waals surface area contributed by atoms with Crippen LogP contribution in [-0.4, -0.2) is 5.78 Å². The molecule has 1 aliphatic carbocycles. The molecule has 0 heterocycles. The first-order valence-electron chi connectivity index (χ1n) is 5.44. The predicted molar refractivity (Wildman–Crippen MR) is 57.2 cm³/mol. The number of carbonyl (C=O) groups excluding carboxylic acids is 1. The van der Waals surface area contributed by atoms with Crippen molar-refractivity contribution in [1.82, 2.24) is 0 Å². The van der Waals surface area contributed by atoms with Gasteiger partial charge in [-0.1, -0.05) is 6.07 Å². The zero-order chi connectivity index (χ0) is 10.8. The lowest BCUT2D eigenvalue weighted by atomic mass is 9.94. The Balaban J connectivity index is 2.16. The molecule has 1 aromatic carbocycles. The molecular weight excluding hydrogens is 191 g/mol. The zero-order valence-electron chi connectivity index (χ0n) is 8.92. The van der Waals surface area contributed by atoms with Crippen molar-refractivity contribution in [2.24, 2.45) is 5.92 Å². The maximum Gasteiger partial charge on any atom is 0.136 e. The zero-order valence-corrected chi connectivity index (χ0v) is 8.92. The van der Waals surface area contributed by atoms with Crippen LogP contribution in [0, 0.1) is 18.7 Å². The van der Waals surface area contributed by atoms with E-state index in [9.17, 15) is 9.18 Å². The van der Waals surface area contributed by atoms with Gasteiger partial charge in [0.05, 0.1) is 0 Å². The van der Waals surface area contributed by atoms with E-state index in [2.05, 4.69) is 0 Å². The van der Waals surface area contributed by atoms with Crippen molar-refractivity contribution in [2.45, 2.75) is 32.6 Å². The van der Waals surface area contributed by atoms with E-state index >= 15 is 0 Å². The number of halogens is 1. The third-order valence-electron chi connectivity index (χ3n) is 3.21. The quantitative estimate of drug-likeness (QED) is 0.726. The van der Waals surface area contributed by atoms with Gasteiger partial charge in [-0.05, 0) is 49.4 Å². The van der Waals surface area contributed by atoms with E-state index in [-0.39, 0.29) is 11.7 Å². The topological polar surface area (TPSA) is 17.1 Å². The maximum atomic E-state index is 13.0. The van der Waals surface area contributed by atoms with Gasteiger partial charge in [0.1, 0.15) is 11.6 Å². The fraction of sp³-hybridized carbons (Fsp3) is 0.462. The third kappa shape index (κ3) is 2.25. The Morgan fingerprint density at radius 3 is 2.93 bits per heavy atom. The SMILES string of the molecule is Cc1ccc(F)cc1CC1CCCC1=O. The number of hydrogen-bond donors (Lipinski definition) is 0. The predicted octanol–water partition coefficient (Wildman–Crippen LogP) is 3.05. The van der Waals surface area contributed by atoms with Crippen molar-refractivity contribution >= 4 is 5.78 Å². The molecule has 0 spiro atoms. The molecule has 1 fully saturated rings. The minimum absolute atomic E-state index is 0.130. The van der Waals surface area contributed by atoms with E-state index in [1.807, 2.05) is 6.92 Å². The first-order valence-corrected chi connectivity index (χ1v) is 5.44. The molecule has 1 aliphatic rings. The van der Waals surface area contributed by atoms with Gasteiger partial charge in [0.15, 0.2) is 0 Å². The Morgan fingerprint density at radius 2 is 2.27 bits per heavy atom. The van der Waals surface area contributed by atoms with Crippen molar-refractivity contribution in [3.05, 3.63) is 35.1 Å². The summed E-state index contributed by atoms with van der Waals surface area (Å²) in [6.07, 6.45) is 3.38. The van der Waals surface area contributed by atoms with Crippen LogP contribution in [0.3, 0.4) is 0 Å². The molecule has 15 heavy (non-hydrogen) atoms. The van der Waals surface area contributed by atoms with Gasteiger partial charge in [-0.25, -0.2) is 4.39 Å². The summed E-state index contributed by atoms with van der Waals surface area (Å²) in [5, 5.41) is 0. The summed E-state index contributed by atoms with van der Waals surface area (Å²) >= 11 is 0. The fourth-order valence-corrected chi connectivity index (χ4v) is 2.23. The molecule has 0 saturated heterocycles. The average molecular weight is 206 g/mol. The highest BCUT2D eigenvalue weighted by Crippen LogP contribution is 2.26. The number of carbonyl (C=O) groups is 1. The molecule has 1 atom stereocenters. The largest absolute Gasteiger partial charge is 0.299 e. The highest BCUT2D eigenvalue weighted by atomic mass is 19.1. The van der Waals surface area contributed by atoms with Crippen LogP contribution >= 0.6 is 0 Å². The normalized spacial score (nSPS) is 20.9. The number of rotatable bonds is 2. The molecule has 2 rings (SSSR count). The van der Waals surface area contributed by atoms with E-state index in [0.717, 1.165) is 24.0 Å². The van der Waals surface area contributed by atoms with Crippen molar-refractivity contribution < 1.29 is 9.18 Å². The lowest BCUT2D eigenvalue weighted by molar-refractivity contribution is -0.120. The summed E-state index contributed by atoms with van der Waals surface area (Å²) < 4.78 is 13.0. The Morgan fingerprint density at radius 1 is 1.47 bits per heavy atom. The first kappa shape index (κ1) is 10.3. The average Bonchev–Trinajstić information content (AvgIpc) is 2.58. The number of hydrogen-bond acceptors (Lipinski definition) is 1. The lowest BCUT2D eigenvalue weighted by Gasteiger charge is -2.10. The molecule has 0 bridgehead atoms. The van der Waals surface area contributed by atoms with Gasteiger partial charge in [-0.3, -0.25) is 4.79 Å². The summed E-state index contributed by atoms with van der Waals surface area (Å²) in [5.74, 6) is 0.269. The van der Waals surface area contributed by atoms with Crippen LogP contribution in [0.2, 0.25) is 0 Å². The number of Topliss-reactive ketones (excluding diaryl/α,β-unsaturated/α-hetero) is 1. The van der Waals surface area contributed by atoms with Gasteiger partial charge in [0.25, 0.3) is 0 Å². The summed E-state index contributed by atoms with van der Waals surface area (Å²) in [6, 6.07) is 4.81. The van der Waals surface area contributed by atoms with Crippen molar-refractivity contribution in [2.75, 3.05) is 0 Å². The van der Waals surface area contributed by atoms with Crippen LogP contribution in [0.25, 0.3) is 0 Å². The third-order valence-corrected chi connectivity index (χ3v) is 3.21. The second-order valence-corrected chi connectivity index (χ2v) is 4.33. The lowest BCUT2D eigenvalue weighted by Crippen LogP contribution is -2.10. The summed E-state index contributed by atoms with van der Waals surface area (Å²) in [7, 11) is 0. The van der Waals surface area contributed by atoms with Crippen molar-refractivity contribution in [1.29, 1.82) is 0 Å².